The molecule has 0 aliphatic carbocycles. The number of nitrogens with one attached hydrogen (secondary N) is 1. The van der Waals surface area contributed by atoms with Crippen LogP contribution in [0.2, 0.25) is 0 Å². The van der Waals surface area contributed by atoms with Crippen molar-refractivity contribution in [3.8, 4) is 5.88 Å². The van der Waals surface area contributed by atoms with Crippen molar-refractivity contribution in [1.82, 2.24) is 19.9 Å². The standard InChI is InChI=1S/C27H32N6O4/c1-6-27(5,28)20-11-30-24(37-16-12-33(13-16)15(2)34)19-10-29-22(9-18(19)20)31-21-8-7-17-23(32-21)26(3,4)14-36-25(17)35/h7-11,16H,6,12-14,28H2,1-5H3,(H,29,31,32). The Morgan fingerprint density at radius 2 is 2.00 bits per heavy atom. The second-order valence-corrected chi connectivity index (χ2v) is 10.7. The molecule has 2 aliphatic rings. The molecular formula is C27H32N6O4. The minimum atomic E-state index is -0.612. The van der Waals surface area contributed by atoms with E-state index in [4.69, 9.17) is 20.2 Å². The number of nitrogens with zero attached hydrogens (tertiary/aromatic N) is 4. The Morgan fingerprint density at radius 1 is 1.24 bits per heavy atom. The molecule has 0 spiro atoms. The first-order chi connectivity index (χ1) is 17.5. The van der Waals surface area contributed by atoms with Gasteiger partial charge in [0.2, 0.25) is 11.8 Å². The third-order valence-electron chi connectivity index (χ3n) is 7.23. The van der Waals surface area contributed by atoms with E-state index in [0.717, 1.165) is 16.3 Å². The molecule has 0 saturated carbocycles. The van der Waals surface area contributed by atoms with E-state index in [1.165, 1.54) is 0 Å². The quantitative estimate of drug-likeness (QED) is 0.485. The normalized spacial score (nSPS) is 18.4. The van der Waals surface area contributed by atoms with Crippen LogP contribution >= 0.6 is 0 Å². The van der Waals surface area contributed by atoms with Gasteiger partial charge in [-0.25, -0.2) is 19.7 Å². The van der Waals surface area contributed by atoms with Crippen LogP contribution in [0.1, 0.15) is 62.7 Å². The van der Waals surface area contributed by atoms with Crippen LogP contribution in [0.4, 0.5) is 11.6 Å². The molecule has 37 heavy (non-hydrogen) atoms. The summed E-state index contributed by atoms with van der Waals surface area (Å²) in [6, 6.07) is 5.39. The lowest BCUT2D eigenvalue weighted by molar-refractivity contribution is -0.137. The van der Waals surface area contributed by atoms with Gasteiger partial charge in [-0.15, -0.1) is 0 Å². The lowest BCUT2D eigenvalue weighted by atomic mass is 9.85. The predicted octanol–water partition coefficient (Wildman–Crippen LogP) is 3.41. The van der Waals surface area contributed by atoms with Crippen molar-refractivity contribution < 1.29 is 19.1 Å². The van der Waals surface area contributed by atoms with Gasteiger partial charge in [0.1, 0.15) is 24.3 Å². The van der Waals surface area contributed by atoms with Crippen LogP contribution in [0.3, 0.4) is 0 Å². The maximum atomic E-state index is 12.2. The number of carbonyl (C=O) groups is 2. The number of rotatable bonds is 6. The number of nitrogens with two attached hydrogens (primary N) is 1. The van der Waals surface area contributed by atoms with Crippen molar-refractivity contribution in [2.45, 2.75) is 58.1 Å². The number of amides is 1. The number of anilines is 2. The summed E-state index contributed by atoms with van der Waals surface area (Å²) in [5.41, 5.74) is 7.68. The molecule has 3 aromatic rings. The van der Waals surface area contributed by atoms with Gasteiger partial charge in [-0.05, 0) is 42.5 Å². The molecule has 1 fully saturated rings. The van der Waals surface area contributed by atoms with E-state index in [9.17, 15) is 9.59 Å². The molecule has 1 atom stereocenters. The number of cyclic esters (lactones) is 1. The molecule has 0 aromatic carbocycles. The van der Waals surface area contributed by atoms with E-state index in [1.54, 1.807) is 36.4 Å². The van der Waals surface area contributed by atoms with Crippen molar-refractivity contribution in [1.29, 1.82) is 0 Å². The summed E-state index contributed by atoms with van der Waals surface area (Å²) >= 11 is 0. The smallest absolute Gasteiger partial charge is 0.340 e. The second kappa shape index (κ2) is 8.95. The van der Waals surface area contributed by atoms with Gasteiger partial charge in [0, 0.05) is 30.3 Å². The predicted molar refractivity (Wildman–Crippen MR) is 139 cm³/mol. The summed E-state index contributed by atoms with van der Waals surface area (Å²) in [5.74, 6) is 1.29. The number of fused-ring (bicyclic) bond motifs is 2. The second-order valence-electron chi connectivity index (χ2n) is 10.7. The maximum Gasteiger partial charge on any atom is 0.340 e. The summed E-state index contributed by atoms with van der Waals surface area (Å²) in [6.45, 7) is 10.9. The van der Waals surface area contributed by atoms with Crippen molar-refractivity contribution in [3.63, 3.8) is 0 Å². The molecule has 194 valence electrons. The summed E-state index contributed by atoms with van der Waals surface area (Å²) in [6.07, 6.45) is 4.07. The molecule has 0 radical (unpaired) electrons. The fourth-order valence-corrected chi connectivity index (χ4v) is 4.58. The van der Waals surface area contributed by atoms with E-state index in [0.29, 0.717) is 48.3 Å². The Balaban J connectivity index is 1.50. The van der Waals surface area contributed by atoms with Gasteiger partial charge >= 0.3 is 5.97 Å². The van der Waals surface area contributed by atoms with E-state index in [1.807, 2.05) is 33.8 Å². The summed E-state index contributed by atoms with van der Waals surface area (Å²) in [4.78, 5) is 39.4. The molecule has 1 unspecified atom stereocenters. The van der Waals surface area contributed by atoms with E-state index in [-0.39, 0.29) is 24.6 Å². The molecule has 2 aliphatic heterocycles. The molecule has 3 N–H and O–H groups in total. The Bertz CT molecular complexity index is 1400. The zero-order chi connectivity index (χ0) is 26.5. The third-order valence-corrected chi connectivity index (χ3v) is 7.23. The lowest BCUT2D eigenvalue weighted by Crippen LogP contribution is -2.55. The van der Waals surface area contributed by atoms with Crippen LogP contribution in [0, 0.1) is 0 Å². The van der Waals surface area contributed by atoms with Crippen molar-refractivity contribution in [2.24, 2.45) is 5.73 Å². The highest BCUT2D eigenvalue weighted by atomic mass is 16.5. The van der Waals surface area contributed by atoms with Crippen molar-refractivity contribution in [3.05, 3.63) is 47.4 Å². The minimum absolute atomic E-state index is 0.0308. The number of aromatic nitrogens is 3. The molecular weight excluding hydrogens is 472 g/mol. The van der Waals surface area contributed by atoms with Crippen LogP contribution in [0.15, 0.2) is 30.6 Å². The number of pyridine rings is 3. The highest BCUT2D eigenvalue weighted by Gasteiger charge is 2.35. The lowest BCUT2D eigenvalue weighted by Gasteiger charge is -2.38. The number of hydrogen-bond acceptors (Lipinski definition) is 9. The van der Waals surface area contributed by atoms with E-state index in [2.05, 4.69) is 15.3 Å². The zero-order valence-electron chi connectivity index (χ0n) is 21.8. The minimum Gasteiger partial charge on any atom is -0.470 e. The van der Waals surface area contributed by atoms with Gasteiger partial charge < -0.3 is 25.4 Å². The van der Waals surface area contributed by atoms with Crippen LogP contribution in [-0.4, -0.2) is 57.5 Å². The molecule has 1 amide bonds. The topological polar surface area (TPSA) is 133 Å². The average molecular weight is 505 g/mol. The summed E-state index contributed by atoms with van der Waals surface area (Å²) in [5, 5.41) is 4.90. The van der Waals surface area contributed by atoms with Gasteiger partial charge in [-0.1, -0.05) is 20.8 Å². The van der Waals surface area contributed by atoms with Crippen LogP contribution in [0.25, 0.3) is 10.8 Å². The Hall–Kier alpha value is -3.79. The molecule has 10 nitrogen and oxygen atoms in total. The number of hydrogen-bond donors (Lipinski definition) is 2. The van der Waals surface area contributed by atoms with Gasteiger partial charge in [-0.2, -0.15) is 0 Å². The first kappa shape index (κ1) is 24.9. The third kappa shape index (κ3) is 4.57. The first-order valence-electron chi connectivity index (χ1n) is 12.4. The Morgan fingerprint density at radius 3 is 2.70 bits per heavy atom. The number of esters is 1. The van der Waals surface area contributed by atoms with Gasteiger partial charge in [0.25, 0.3) is 0 Å². The van der Waals surface area contributed by atoms with Gasteiger partial charge in [0.15, 0.2) is 0 Å². The fraction of sp³-hybridized carbons (Fsp3) is 0.444. The monoisotopic (exact) mass is 504 g/mol. The van der Waals surface area contributed by atoms with Crippen LogP contribution in [0.5, 0.6) is 5.88 Å². The van der Waals surface area contributed by atoms with Crippen molar-refractivity contribution in [2.75, 3.05) is 25.0 Å². The number of likely N-dealkylation sites (tertiary alicyclic amines) is 1. The summed E-state index contributed by atoms with van der Waals surface area (Å²) in [7, 11) is 0. The molecule has 10 heteroatoms. The molecule has 3 aromatic heterocycles. The average Bonchev–Trinajstić information content (AvgIpc) is 2.83. The molecule has 0 bridgehead atoms. The highest BCUT2D eigenvalue weighted by molar-refractivity contribution is 5.93. The fourth-order valence-electron chi connectivity index (χ4n) is 4.58. The van der Waals surface area contributed by atoms with E-state index < -0.39 is 11.0 Å². The molecule has 1 saturated heterocycles. The van der Waals surface area contributed by atoms with Gasteiger partial charge in [-0.3, -0.25) is 4.79 Å². The SMILES string of the molecule is CCC(C)(N)c1cnc(OC2CN(C(C)=O)C2)c2cnc(Nc3ccc4c(n3)C(C)(C)COC4=O)cc12. The summed E-state index contributed by atoms with van der Waals surface area (Å²) < 4.78 is 11.4. The Kier molecular flexibility index (Phi) is 6.02. The van der Waals surface area contributed by atoms with Crippen LogP contribution < -0.4 is 15.8 Å². The highest BCUT2D eigenvalue weighted by Crippen LogP contribution is 2.36. The number of carbonyl (C=O) groups excluding carboxylic acids is 2. The van der Waals surface area contributed by atoms with E-state index >= 15 is 0 Å². The molecule has 5 heterocycles. The maximum absolute atomic E-state index is 12.2. The Labute approximate surface area is 215 Å². The van der Waals surface area contributed by atoms with Crippen LogP contribution in [-0.2, 0) is 20.5 Å². The number of ether oxygens (including phenoxy) is 2. The zero-order valence-corrected chi connectivity index (χ0v) is 21.8. The first-order valence-corrected chi connectivity index (χ1v) is 12.4. The van der Waals surface area contributed by atoms with Gasteiger partial charge in [0.05, 0.1) is 29.7 Å². The van der Waals surface area contributed by atoms with Crippen molar-refractivity contribution >= 4 is 34.3 Å². The largest absolute Gasteiger partial charge is 0.470 e. The molecule has 5 rings (SSSR count).